The molecule has 0 saturated carbocycles. The van der Waals surface area contributed by atoms with Crippen LogP contribution in [-0.2, 0) is 12.1 Å². The van der Waals surface area contributed by atoms with Crippen LogP contribution < -0.4 is 4.74 Å². The summed E-state index contributed by atoms with van der Waals surface area (Å²) in [4.78, 5) is 13.6. The van der Waals surface area contributed by atoms with Crippen molar-refractivity contribution in [3.63, 3.8) is 0 Å². The third kappa shape index (κ3) is 3.89. The number of halogens is 7. The molecule has 0 atom stereocenters. The van der Waals surface area contributed by atoms with Gasteiger partial charge in [0, 0.05) is 0 Å². The monoisotopic (exact) mass is 323 g/mol. The lowest BCUT2D eigenvalue weighted by Crippen LogP contribution is -2.21. The molecular weight excluding hydrogens is 320 g/mol. The molecule has 112 valence electrons. The Labute approximate surface area is 111 Å². The van der Waals surface area contributed by atoms with Gasteiger partial charge in [-0.15, -0.1) is 24.8 Å². The summed E-state index contributed by atoms with van der Waals surface area (Å²) in [6.45, 7) is 0. The van der Waals surface area contributed by atoms with Crippen LogP contribution in [0.5, 0.6) is 5.75 Å². The fourth-order valence-corrected chi connectivity index (χ4v) is 1.41. The first-order valence-electron chi connectivity index (χ1n) is 4.62. The number of hydrogen-bond donors (Lipinski definition) is 1. The molecule has 0 radical (unpaired) electrons. The van der Waals surface area contributed by atoms with Crippen molar-refractivity contribution in [3.8, 4) is 5.75 Å². The lowest BCUT2D eigenvalue weighted by Gasteiger charge is -2.16. The zero-order chi connectivity index (χ0) is 15.7. The highest BCUT2D eigenvalue weighted by molar-refractivity contribution is 6.17. The number of pyridine rings is 1. The Morgan fingerprint density at radius 3 is 2.20 bits per heavy atom. The Balaban J connectivity index is 3.50. The first-order valence-corrected chi connectivity index (χ1v) is 5.15. The van der Waals surface area contributed by atoms with Crippen LogP contribution in [0.15, 0.2) is 6.07 Å². The zero-order valence-electron chi connectivity index (χ0n) is 9.14. The highest BCUT2D eigenvalue weighted by Gasteiger charge is 2.40. The smallest absolute Gasteiger partial charge is 0.476 e. The fraction of sp³-hybridized carbons (Fsp3) is 0.333. The second kappa shape index (κ2) is 5.35. The number of nitrogens with zero attached hydrogens (tertiary/aromatic N) is 1. The molecule has 0 fully saturated rings. The van der Waals surface area contributed by atoms with Crippen molar-refractivity contribution in [3.05, 3.63) is 23.0 Å². The van der Waals surface area contributed by atoms with Gasteiger partial charge in [0.15, 0.2) is 11.4 Å². The minimum absolute atomic E-state index is 0.0956. The molecule has 1 heterocycles. The number of carboxylic acids is 1. The maximum atomic E-state index is 12.6. The maximum Gasteiger partial charge on any atom is 0.573 e. The number of ether oxygens (including phenoxy) is 1. The van der Waals surface area contributed by atoms with Crippen molar-refractivity contribution in [2.75, 3.05) is 0 Å². The van der Waals surface area contributed by atoms with Gasteiger partial charge < -0.3 is 9.84 Å². The van der Waals surface area contributed by atoms with Gasteiger partial charge in [0.2, 0.25) is 0 Å². The molecule has 0 saturated heterocycles. The summed E-state index contributed by atoms with van der Waals surface area (Å²) in [5, 5.41) is 8.60. The predicted octanol–water partition coefficient (Wildman–Crippen LogP) is 3.44. The Morgan fingerprint density at radius 1 is 1.30 bits per heavy atom. The molecule has 0 aromatic carbocycles. The molecule has 0 spiro atoms. The van der Waals surface area contributed by atoms with Crippen molar-refractivity contribution in [2.45, 2.75) is 18.4 Å². The molecule has 1 aromatic heterocycles. The fourth-order valence-electron chi connectivity index (χ4n) is 1.22. The molecule has 11 heteroatoms. The van der Waals surface area contributed by atoms with E-state index in [-0.39, 0.29) is 6.07 Å². The molecule has 4 nitrogen and oxygen atoms in total. The average Bonchev–Trinajstić information content (AvgIpc) is 2.24. The standard InChI is InChI=1S/C9H4ClF6NO3/c10-2-4-5(20-9(14,15)16)1-3(8(11,12)13)6(17-4)7(18)19/h1H,2H2,(H,18,19). The van der Waals surface area contributed by atoms with Crippen LogP contribution in [0.25, 0.3) is 0 Å². The van der Waals surface area contributed by atoms with Crippen molar-refractivity contribution in [2.24, 2.45) is 0 Å². The first-order chi connectivity index (χ1) is 8.95. The van der Waals surface area contributed by atoms with Crippen LogP contribution >= 0.6 is 11.6 Å². The van der Waals surface area contributed by atoms with Crippen LogP contribution in [0, 0.1) is 0 Å². The van der Waals surface area contributed by atoms with Gasteiger partial charge in [0.1, 0.15) is 0 Å². The van der Waals surface area contributed by atoms with Crippen LogP contribution in [-0.4, -0.2) is 22.4 Å². The van der Waals surface area contributed by atoms with Gasteiger partial charge in [0.25, 0.3) is 0 Å². The van der Waals surface area contributed by atoms with E-state index >= 15 is 0 Å². The highest BCUT2D eigenvalue weighted by Crippen LogP contribution is 2.36. The van der Waals surface area contributed by atoms with E-state index in [0.29, 0.717) is 0 Å². The van der Waals surface area contributed by atoms with E-state index in [2.05, 4.69) is 9.72 Å². The number of aromatic nitrogens is 1. The predicted molar refractivity (Wildman–Crippen MR) is 52.4 cm³/mol. The Bertz CT molecular complexity index is 528. The molecule has 0 aliphatic rings. The number of hydrogen-bond acceptors (Lipinski definition) is 3. The van der Waals surface area contributed by atoms with Crippen LogP contribution in [0.2, 0.25) is 0 Å². The molecule has 1 rings (SSSR count). The van der Waals surface area contributed by atoms with Crippen LogP contribution in [0.3, 0.4) is 0 Å². The number of alkyl halides is 7. The summed E-state index contributed by atoms with van der Waals surface area (Å²) in [6, 6.07) is -0.0956. The molecule has 20 heavy (non-hydrogen) atoms. The van der Waals surface area contributed by atoms with Gasteiger partial charge in [-0.25, -0.2) is 9.78 Å². The third-order valence-electron chi connectivity index (χ3n) is 1.92. The lowest BCUT2D eigenvalue weighted by molar-refractivity contribution is -0.275. The molecule has 0 aliphatic carbocycles. The molecule has 1 N–H and O–H groups in total. The Morgan fingerprint density at radius 2 is 1.85 bits per heavy atom. The molecule has 0 unspecified atom stereocenters. The van der Waals surface area contributed by atoms with Crippen molar-refractivity contribution in [1.82, 2.24) is 4.98 Å². The van der Waals surface area contributed by atoms with Crippen molar-refractivity contribution >= 4 is 17.6 Å². The van der Waals surface area contributed by atoms with Gasteiger partial charge >= 0.3 is 18.5 Å². The summed E-state index contributed by atoms with van der Waals surface area (Å²) in [7, 11) is 0. The van der Waals surface area contributed by atoms with Crippen LogP contribution in [0.4, 0.5) is 26.3 Å². The van der Waals surface area contributed by atoms with Gasteiger partial charge in [0.05, 0.1) is 17.1 Å². The van der Waals surface area contributed by atoms with E-state index in [4.69, 9.17) is 16.7 Å². The number of rotatable bonds is 3. The number of carboxylic acid groups (broad SMARTS) is 1. The third-order valence-corrected chi connectivity index (χ3v) is 2.18. The quantitative estimate of drug-likeness (QED) is 0.684. The minimum Gasteiger partial charge on any atom is -0.476 e. The zero-order valence-corrected chi connectivity index (χ0v) is 9.90. The van der Waals surface area contributed by atoms with E-state index in [1.807, 2.05) is 0 Å². The lowest BCUT2D eigenvalue weighted by atomic mass is 10.1. The maximum absolute atomic E-state index is 12.6. The minimum atomic E-state index is -5.27. The summed E-state index contributed by atoms with van der Waals surface area (Å²) in [5.41, 5.74) is -4.09. The SMILES string of the molecule is O=C(O)c1nc(CCl)c(OC(F)(F)F)cc1C(F)(F)F. The van der Waals surface area contributed by atoms with Gasteiger partial charge in [-0.1, -0.05) is 0 Å². The number of aromatic carboxylic acids is 1. The van der Waals surface area contributed by atoms with E-state index < -0.39 is 47.1 Å². The van der Waals surface area contributed by atoms with Crippen molar-refractivity contribution < 1.29 is 41.0 Å². The topological polar surface area (TPSA) is 59.4 Å². The van der Waals surface area contributed by atoms with E-state index in [1.54, 1.807) is 0 Å². The molecule has 1 aromatic rings. The molecule has 0 bridgehead atoms. The van der Waals surface area contributed by atoms with E-state index in [9.17, 15) is 31.1 Å². The summed E-state index contributed by atoms with van der Waals surface area (Å²) >= 11 is 5.22. The second-order valence-corrected chi connectivity index (χ2v) is 3.58. The van der Waals surface area contributed by atoms with Crippen LogP contribution in [0.1, 0.15) is 21.7 Å². The Hall–Kier alpha value is -1.71. The second-order valence-electron chi connectivity index (χ2n) is 3.31. The first kappa shape index (κ1) is 16.3. The Kier molecular flexibility index (Phi) is 4.37. The van der Waals surface area contributed by atoms with Gasteiger partial charge in [-0.05, 0) is 6.07 Å². The molecular formula is C9H4ClF6NO3. The summed E-state index contributed by atoms with van der Waals surface area (Å²) < 4.78 is 77.3. The van der Waals surface area contributed by atoms with Gasteiger partial charge in [-0.3, -0.25) is 0 Å². The van der Waals surface area contributed by atoms with Gasteiger partial charge in [-0.2, -0.15) is 13.2 Å². The molecule has 0 aliphatic heterocycles. The van der Waals surface area contributed by atoms with E-state index in [0.717, 1.165) is 0 Å². The normalized spacial score (nSPS) is 12.3. The van der Waals surface area contributed by atoms with E-state index in [1.165, 1.54) is 0 Å². The number of carbonyl (C=O) groups is 1. The largest absolute Gasteiger partial charge is 0.573 e. The average molecular weight is 324 g/mol. The molecule has 0 amide bonds. The highest BCUT2D eigenvalue weighted by atomic mass is 35.5. The summed E-state index contributed by atoms with van der Waals surface area (Å²) in [5.74, 6) is -4.11. The van der Waals surface area contributed by atoms with Crippen molar-refractivity contribution in [1.29, 1.82) is 0 Å². The summed E-state index contributed by atoms with van der Waals surface area (Å²) in [6.07, 6.45) is -10.5.